The van der Waals surface area contributed by atoms with E-state index in [-0.39, 0.29) is 31.1 Å². The number of nitrogens with zero attached hydrogens (tertiary/aromatic N) is 1. The fourth-order valence-corrected chi connectivity index (χ4v) is 3.46. The number of hydrogen-bond acceptors (Lipinski definition) is 6. The van der Waals surface area contributed by atoms with E-state index in [9.17, 15) is 9.18 Å². The Hall–Kier alpha value is -3.71. The average molecular weight is 408 g/mol. The van der Waals surface area contributed by atoms with Crippen LogP contribution in [0, 0.1) is 5.82 Å². The zero-order valence-electron chi connectivity index (χ0n) is 16.4. The summed E-state index contributed by atoms with van der Waals surface area (Å²) in [5.41, 5.74) is 1.69. The molecule has 154 valence electrons. The summed E-state index contributed by atoms with van der Waals surface area (Å²) < 4.78 is 30.3. The number of carbonyl (C=O) groups is 1. The molecule has 0 spiro atoms. The number of methoxy groups -OCH3 is 1. The molecule has 3 aromatic rings. The summed E-state index contributed by atoms with van der Waals surface area (Å²) in [6, 6.07) is 21.5. The van der Waals surface area contributed by atoms with Crippen molar-refractivity contribution in [2.45, 2.75) is 5.54 Å². The number of ether oxygens (including phenoxy) is 3. The fraction of sp³-hybridized carbons (Fsp3) is 0.130. The van der Waals surface area contributed by atoms with Crippen molar-refractivity contribution in [3.8, 4) is 16.9 Å². The Morgan fingerprint density at radius 3 is 2.57 bits per heavy atom. The summed E-state index contributed by atoms with van der Waals surface area (Å²) in [6.07, 6.45) is -0.115. The first-order valence-electron chi connectivity index (χ1n) is 8.99. The van der Waals surface area contributed by atoms with Gasteiger partial charge in [0.05, 0.1) is 7.11 Å². The zero-order chi connectivity index (χ0) is 20.3. The molecular formula is C23H21FN2O4. The molecule has 30 heavy (non-hydrogen) atoms. The molecule has 0 radical (unpaired) electrons. The average Bonchev–Trinajstić information content (AvgIpc) is 3.20. The third-order valence-electron chi connectivity index (χ3n) is 4.91. The molecule has 4 rings (SSSR count). The lowest BCUT2D eigenvalue weighted by Crippen LogP contribution is -2.27. The summed E-state index contributed by atoms with van der Waals surface area (Å²) in [5.74, 6) is 0.270. The topological polar surface area (TPSA) is 92.1 Å². The minimum absolute atomic E-state index is 0. The molecule has 0 aliphatic carbocycles. The highest BCUT2D eigenvalue weighted by Crippen LogP contribution is 2.40. The van der Waals surface area contributed by atoms with Crippen molar-refractivity contribution in [2.24, 2.45) is 4.99 Å². The molecule has 0 saturated carbocycles. The molecule has 0 aromatic heterocycles. The van der Waals surface area contributed by atoms with E-state index < -0.39 is 5.54 Å². The Labute approximate surface area is 173 Å². The van der Waals surface area contributed by atoms with Gasteiger partial charge in [0.15, 0.2) is 5.54 Å². The summed E-state index contributed by atoms with van der Waals surface area (Å²) in [6.45, 7) is 0.398. The summed E-state index contributed by atoms with van der Waals surface area (Å²) >= 11 is 0. The van der Waals surface area contributed by atoms with Gasteiger partial charge in [0.2, 0.25) is 0 Å². The van der Waals surface area contributed by atoms with Crippen molar-refractivity contribution in [1.29, 1.82) is 0 Å². The molecule has 7 heteroatoms. The van der Waals surface area contributed by atoms with Crippen molar-refractivity contribution < 1.29 is 23.4 Å². The number of hydrogen-bond donors (Lipinski definition) is 1. The van der Waals surface area contributed by atoms with Crippen LogP contribution in [-0.2, 0) is 19.8 Å². The molecule has 0 bridgehead atoms. The van der Waals surface area contributed by atoms with Gasteiger partial charge in [0.1, 0.15) is 18.2 Å². The molecule has 6 nitrogen and oxygen atoms in total. The molecule has 0 saturated heterocycles. The molecule has 0 amide bonds. The smallest absolute Gasteiger partial charge is 0.392 e. The first-order chi connectivity index (χ1) is 14.2. The normalized spacial score (nSPS) is 17.3. The predicted octanol–water partition coefficient (Wildman–Crippen LogP) is 4.47. The first kappa shape index (κ1) is 21.0. The maximum atomic E-state index is 14.7. The summed E-state index contributed by atoms with van der Waals surface area (Å²) in [4.78, 5) is 15.3. The van der Waals surface area contributed by atoms with E-state index >= 15 is 0 Å². The van der Waals surface area contributed by atoms with Gasteiger partial charge in [-0.15, -0.1) is 0 Å². The summed E-state index contributed by atoms with van der Waals surface area (Å²) in [7, 11) is 1.56. The second-order valence-electron chi connectivity index (χ2n) is 6.53. The molecule has 0 fully saturated rings. The van der Waals surface area contributed by atoms with Gasteiger partial charge < -0.3 is 20.4 Å². The number of benzene rings is 3. The van der Waals surface area contributed by atoms with Crippen LogP contribution in [0.15, 0.2) is 77.8 Å². The standard InChI is InChI=1S/C23H18FNO4.H3N/c1-27-19-9-5-6-16(12-19)20-13-18(10-11-21(20)24)23(17-7-3-2-4-8-17)14-28-22(25-23)29-15-26;/h2-13,15H,14H2,1H3;1H3. The summed E-state index contributed by atoms with van der Waals surface area (Å²) in [5, 5.41) is 0. The number of rotatable bonds is 5. The quantitative estimate of drug-likeness (QED) is 0.629. The van der Waals surface area contributed by atoms with Gasteiger partial charge in [0, 0.05) is 5.56 Å². The van der Waals surface area contributed by atoms with E-state index in [4.69, 9.17) is 14.2 Å². The SMILES string of the molecule is COc1cccc(-c2cc(C3(c4ccccc4)COC(OC=O)=N3)ccc2F)c1.N. The Morgan fingerprint density at radius 1 is 1.03 bits per heavy atom. The zero-order valence-corrected chi connectivity index (χ0v) is 16.4. The second kappa shape index (κ2) is 8.75. The maximum absolute atomic E-state index is 14.7. The molecule has 1 unspecified atom stereocenters. The van der Waals surface area contributed by atoms with Gasteiger partial charge in [-0.05, 0) is 41.0 Å². The maximum Gasteiger partial charge on any atom is 0.392 e. The Balaban J connectivity index is 0.00000256. The van der Waals surface area contributed by atoms with Gasteiger partial charge in [0.25, 0.3) is 0 Å². The van der Waals surface area contributed by atoms with Crippen molar-refractivity contribution in [2.75, 3.05) is 13.7 Å². The van der Waals surface area contributed by atoms with Gasteiger partial charge >= 0.3 is 12.6 Å². The van der Waals surface area contributed by atoms with Crippen molar-refractivity contribution in [1.82, 2.24) is 6.15 Å². The van der Waals surface area contributed by atoms with Gasteiger partial charge in [-0.2, -0.15) is 4.99 Å². The predicted molar refractivity (Wildman–Crippen MR) is 111 cm³/mol. The molecule has 3 aromatic carbocycles. The molecule has 3 N–H and O–H groups in total. The Morgan fingerprint density at radius 2 is 1.83 bits per heavy atom. The van der Waals surface area contributed by atoms with Crippen LogP contribution in [0.25, 0.3) is 11.1 Å². The van der Waals surface area contributed by atoms with Crippen molar-refractivity contribution in [3.05, 3.63) is 89.7 Å². The van der Waals surface area contributed by atoms with Gasteiger partial charge in [-0.1, -0.05) is 48.5 Å². The molecule has 1 atom stereocenters. The van der Waals surface area contributed by atoms with E-state index in [1.54, 1.807) is 37.4 Å². The van der Waals surface area contributed by atoms with Crippen molar-refractivity contribution in [3.63, 3.8) is 0 Å². The van der Waals surface area contributed by atoms with Crippen LogP contribution in [0.5, 0.6) is 5.75 Å². The van der Waals surface area contributed by atoms with E-state index in [1.165, 1.54) is 6.07 Å². The number of carbonyl (C=O) groups excluding carboxylic acids is 1. The monoisotopic (exact) mass is 408 g/mol. The highest BCUT2D eigenvalue weighted by atomic mass is 19.1. The van der Waals surface area contributed by atoms with Crippen LogP contribution < -0.4 is 10.9 Å². The molecule has 1 aliphatic heterocycles. The Bertz CT molecular complexity index is 1070. The first-order valence-corrected chi connectivity index (χ1v) is 8.99. The number of aliphatic imine (C=N–C) groups is 1. The second-order valence-corrected chi connectivity index (χ2v) is 6.53. The van der Waals surface area contributed by atoms with Gasteiger partial charge in [-0.3, -0.25) is 4.79 Å². The third-order valence-corrected chi connectivity index (χ3v) is 4.91. The number of halogens is 1. The highest BCUT2D eigenvalue weighted by Gasteiger charge is 2.41. The van der Waals surface area contributed by atoms with E-state index in [0.29, 0.717) is 22.4 Å². The van der Waals surface area contributed by atoms with Crippen LogP contribution in [0.4, 0.5) is 4.39 Å². The molecular weight excluding hydrogens is 387 g/mol. The van der Waals surface area contributed by atoms with E-state index in [0.717, 1.165) is 5.56 Å². The van der Waals surface area contributed by atoms with E-state index in [2.05, 4.69) is 4.99 Å². The van der Waals surface area contributed by atoms with Crippen LogP contribution in [0.1, 0.15) is 11.1 Å². The van der Waals surface area contributed by atoms with Crippen LogP contribution in [0.3, 0.4) is 0 Å². The largest absolute Gasteiger partial charge is 0.497 e. The van der Waals surface area contributed by atoms with Crippen molar-refractivity contribution >= 4 is 12.6 Å². The fourth-order valence-electron chi connectivity index (χ4n) is 3.46. The van der Waals surface area contributed by atoms with Crippen LogP contribution >= 0.6 is 0 Å². The third kappa shape index (κ3) is 3.75. The molecule has 1 aliphatic rings. The minimum atomic E-state index is -0.957. The van der Waals surface area contributed by atoms with Crippen LogP contribution in [0.2, 0.25) is 0 Å². The lowest BCUT2D eigenvalue weighted by Gasteiger charge is -2.25. The Kier molecular flexibility index (Phi) is 6.13. The highest BCUT2D eigenvalue weighted by molar-refractivity contribution is 5.78. The lowest BCUT2D eigenvalue weighted by atomic mass is 9.83. The lowest BCUT2D eigenvalue weighted by molar-refractivity contribution is -0.123. The minimum Gasteiger partial charge on any atom is -0.497 e. The molecule has 1 heterocycles. The van der Waals surface area contributed by atoms with E-state index in [1.807, 2.05) is 36.4 Å². The van der Waals surface area contributed by atoms with Gasteiger partial charge in [-0.25, -0.2) is 4.39 Å². The van der Waals surface area contributed by atoms with Crippen LogP contribution in [-0.4, -0.2) is 26.3 Å².